The smallest absolute Gasteiger partial charge is 0.254 e. The van der Waals surface area contributed by atoms with Gasteiger partial charge in [-0.25, -0.2) is 0 Å². The number of nitrogens with one attached hydrogen (secondary N) is 1. The van der Waals surface area contributed by atoms with Crippen LogP contribution in [0.2, 0.25) is 0 Å². The van der Waals surface area contributed by atoms with Crippen LogP contribution in [0.1, 0.15) is 40.1 Å². The molecule has 5 nitrogen and oxygen atoms in total. The van der Waals surface area contributed by atoms with E-state index >= 15 is 0 Å². The number of furan rings is 1. The summed E-state index contributed by atoms with van der Waals surface area (Å²) in [5.41, 5.74) is 8.51. The van der Waals surface area contributed by atoms with Gasteiger partial charge in [-0.1, -0.05) is 24.3 Å². The van der Waals surface area contributed by atoms with Crippen molar-refractivity contribution in [3.63, 3.8) is 0 Å². The zero-order chi connectivity index (χ0) is 17.0. The molecule has 0 bridgehead atoms. The Morgan fingerprint density at radius 1 is 1.28 bits per heavy atom. The molecule has 0 atom stereocenters. The third kappa shape index (κ3) is 4.24. The summed E-state index contributed by atoms with van der Waals surface area (Å²) in [6.45, 7) is 4.43. The van der Waals surface area contributed by atoms with Crippen LogP contribution < -0.4 is 11.1 Å². The minimum absolute atomic E-state index is 0. The van der Waals surface area contributed by atoms with Crippen molar-refractivity contribution in [2.75, 3.05) is 19.8 Å². The van der Waals surface area contributed by atoms with Gasteiger partial charge in [0, 0.05) is 25.2 Å². The molecule has 0 aliphatic carbocycles. The molecule has 3 N–H and O–H groups in total. The Bertz CT molecular complexity index is 708. The van der Waals surface area contributed by atoms with Crippen molar-refractivity contribution in [2.45, 2.75) is 31.7 Å². The van der Waals surface area contributed by atoms with Gasteiger partial charge in [-0.2, -0.15) is 0 Å². The fourth-order valence-corrected chi connectivity index (χ4v) is 3.43. The van der Waals surface area contributed by atoms with E-state index in [1.165, 1.54) is 17.4 Å². The molecular weight excluding hydrogens is 340 g/mol. The maximum Gasteiger partial charge on any atom is 0.254 e. The van der Waals surface area contributed by atoms with Crippen LogP contribution in [0.3, 0.4) is 0 Å². The zero-order valence-electron chi connectivity index (χ0n) is 14.4. The summed E-state index contributed by atoms with van der Waals surface area (Å²) >= 11 is 0. The molecule has 136 valence electrons. The van der Waals surface area contributed by atoms with E-state index in [1.807, 2.05) is 6.07 Å². The number of rotatable bonds is 5. The van der Waals surface area contributed by atoms with E-state index in [4.69, 9.17) is 14.9 Å². The molecule has 0 unspecified atom stereocenters. The maximum atomic E-state index is 12.4. The molecule has 1 aliphatic rings. The minimum Gasteiger partial charge on any atom is -0.467 e. The monoisotopic (exact) mass is 364 g/mol. The van der Waals surface area contributed by atoms with Crippen molar-refractivity contribution in [3.05, 3.63) is 59.0 Å². The van der Waals surface area contributed by atoms with E-state index in [0.29, 0.717) is 31.1 Å². The van der Waals surface area contributed by atoms with Gasteiger partial charge >= 0.3 is 0 Å². The van der Waals surface area contributed by atoms with Crippen LogP contribution in [0.4, 0.5) is 0 Å². The summed E-state index contributed by atoms with van der Waals surface area (Å²) in [5.74, 6) is 0.484. The lowest BCUT2D eigenvalue weighted by Gasteiger charge is -2.39. The number of hydrogen-bond donors (Lipinski definition) is 2. The molecule has 0 radical (unpaired) electrons. The predicted octanol–water partition coefficient (Wildman–Crippen LogP) is 2.95. The number of benzene rings is 1. The van der Waals surface area contributed by atoms with E-state index in [-0.39, 0.29) is 30.3 Å². The van der Waals surface area contributed by atoms with Gasteiger partial charge in [0.2, 0.25) is 0 Å². The molecular formula is C19H25ClN2O3. The minimum atomic E-state index is -0.127. The molecule has 6 heteroatoms. The van der Waals surface area contributed by atoms with Gasteiger partial charge in [-0.05, 0) is 37.0 Å². The lowest BCUT2D eigenvalue weighted by Crippen LogP contribution is -2.45. The average molecular weight is 365 g/mol. The molecule has 25 heavy (non-hydrogen) atoms. The Morgan fingerprint density at radius 3 is 2.64 bits per heavy atom. The second-order valence-corrected chi connectivity index (χ2v) is 6.40. The maximum absolute atomic E-state index is 12.4. The molecule has 1 fully saturated rings. The van der Waals surface area contributed by atoms with E-state index in [0.717, 1.165) is 12.8 Å². The molecule has 2 aromatic rings. The number of carbonyl (C=O) groups excluding carboxylic acids is 1. The predicted molar refractivity (Wildman–Crippen MR) is 99.1 cm³/mol. The molecule has 3 rings (SSSR count). The summed E-state index contributed by atoms with van der Waals surface area (Å²) in [6, 6.07) is 10.1. The van der Waals surface area contributed by atoms with Crippen LogP contribution in [0.5, 0.6) is 0 Å². The van der Waals surface area contributed by atoms with E-state index in [1.54, 1.807) is 6.07 Å². The standard InChI is InChI=1S/C19H24N2O3.ClH/c1-14-4-2-3-5-17(14)19(6-8-23-9-7-19)13-21-18(22)15-10-16(11-20)24-12-15;/h2-5,10,12H,6-9,11,13,20H2,1H3,(H,21,22);1H. The molecule has 1 amide bonds. The summed E-state index contributed by atoms with van der Waals surface area (Å²) in [4.78, 5) is 12.4. The fourth-order valence-electron chi connectivity index (χ4n) is 3.43. The Morgan fingerprint density at radius 2 is 2.00 bits per heavy atom. The second-order valence-electron chi connectivity index (χ2n) is 6.40. The van der Waals surface area contributed by atoms with Crippen LogP contribution in [-0.2, 0) is 16.7 Å². The molecule has 0 saturated carbocycles. The van der Waals surface area contributed by atoms with Gasteiger partial charge < -0.3 is 20.2 Å². The normalized spacial score (nSPS) is 16.1. The van der Waals surface area contributed by atoms with E-state index in [2.05, 4.69) is 30.4 Å². The number of carbonyl (C=O) groups is 1. The highest BCUT2D eigenvalue weighted by Gasteiger charge is 2.36. The van der Waals surface area contributed by atoms with Crippen molar-refractivity contribution in [2.24, 2.45) is 5.73 Å². The highest BCUT2D eigenvalue weighted by Crippen LogP contribution is 2.36. The summed E-state index contributed by atoms with van der Waals surface area (Å²) < 4.78 is 10.8. The third-order valence-corrected chi connectivity index (χ3v) is 4.87. The van der Waals surface area contributed by atoms with E-state index < -0.39 is 0 Å². The first-order valence-electron chi connectivity index (χ1n) is 8.34. The topological polar surface area (TPSA) is 77.5 Å². The first kappa shape index (κ1) is 19.5. The van der Waals surface area contributed by atoms with Gasteiger partial charge in [-0.15, -0.1) is 12.4 Å². The summed E-state index contributed by atoms with van der Waals surface area (Å²) in [7, 11) is 0. The second kappa shape index (κ2) is 8.52. The van der Waals surface area contributed by atoms with Gasteiger partial charge in [0.05, 0.1) is 12.1 Å². The lowest BCUT2D eigenvalue weighted by molar-refractivity contribution is 0.0485. The van der Waals surface area contributed by atoms with Gasteiger partial charge in [0.15, 0.2) is 0 Å². The Hall–Kier alpha value is -1.82. The number of nitrogens with two attached hydrogens (primary N) is 1. The molecule has 1 aromatic carbocycles. The number of aryl methyl sites for hydroxylation is 1. The number of ether oxygens (including phenoxy) is 1. The molecule has 0 spiro atoms. The summed E-state index contributed by atoms with van der Waals surface area (Å²) in [6.07, 6.45) is 3.26. The summed E-state index contributed by atoms with van der Waals surface area (Å²) in [5, 5.41) is 3.08. The zero-order valence-corrected chi connectivity index (χ0v) is 15.2. The first-order valence-corrected chi connectivity index (χ1v) is 8.34. The van der Waals surface area contributed by atoms with Gasteiger partial charge in [-0.3, -0.25) is 4.79 Å². The first-order chi connectivity index (χ1) is 11.6. The quantitative estimate of drug-likeness (QED) is 0.855. The highest BCUT2D eigenvalue weighted by molar-refractivity contribution is 5.94. The van der Waals surface area contributed by atoms with Crippen LogP contribution >= 0.6 is 12.4 Å². The molecule has 1 aromatic heterocycles. The number of hydrogen-bond acceptors (Lipinski definition) is 4. The van der Waals surface area contributed by atoms with Crippen molar-refractivity contribution in [3.8, 4) is 0 Å². The lowest BCUT2D eigenvalue weighted by atomic mass is 9.72. The van der Waals surface area contributed by atoms with Gasteiger partial charge in [0.1, 0.15) is 12.0 Å². The average Bonchev–Trinajstić information content (AvgIpc) is 3.10. The van der Waals surface area contributed by atoms with Crippen LogP contribution in [-0.4, -0.2) is 25.7 Å². The van der Waals surface area contributed by atoms with Crippen molar-refractivity contribution in [1.82, 2.24) is 5.32 Å². The van der Waals surface area contributed by atoms with Crippen LogP contribution in [0.15, 0.2) is 41.0 Å². The Labute approximate surface area is 154 Å². The van der Waals surface area contributed by atoms with Crippen molar-refractivity contribution >= 4 is 18.3 Å². The van der Waals surface area contributed by atoms with Crippen LogP contribution in [0.25, 0.3) is 0 Å². The molecule has 2 heterocycles. The Balaban J connectivity index is 0.00000225. The van der Waals surface area contributed by atoms with Crippen LogP contribution in [0, 0.1) is 6.92 Å². The van der Waals surface area contributed by atoms with Crippen molar-refractivity contribution in [1.29, 1.82) is 0 Å². The number of halogens is 1. The molecule has 1 saturated heterocycles. The highest BCUT2D eigenvalue weighted by atomic mass is 35.5. The largest absolute Gasteiger partial charge is 0.467 e. The SMILES string of the molecule is Cc1ccccc1C1(CNC(=O)c2coc(CN)c2)CCOCC1.Cl. The van der Waals surface area contributed by atoms with Crippen molar-refractivity contribution < 1.29 is 13.9 Å². The Kier molecular flexibility index (Phi) is 6.64. The van der Waals surface area contributed by atoms with E-state index in [9.17, 15) is 4.79 Å². The number of amides is 1. The third-order valence-electron chi connectivity index (χ3n) is 4.87. The molecule has 1 aliphatic heterocycles. The fraction of sp³-hybridized carbons (Fsp3) is 0.421. The van der Waals surface area contributed by atoms with Gasteiger partial charge in [0.25, 0.3) is 5.91 Å².